The van der Waals surface area contributed by atoms with Gasteiger partial charge in [0.15, 0.2) is 0 Å². The molecule has 0 aromatic rings. The summed E-state index contributed by atoms with van der Waals surface area (Å²) in [5.41, 5.74) is 0. The lowest BCUT2D eigenvalue weighted by Crippen LogP contribution is -1.65. The fourth-order valence-electron chi connectivity index (χ4n) is 0.368. The van der Waals surface area contributed by atoms with Gasteiger partial charge in [-0.25, -0.2) is 4.39 Å². The molecule has 0 heterocycles. The second-order valence-electron chi connectivity index (χ2n) is 1.75. The standard InChI is InChI=1S/C4H6BrF/c1-2-3(5)4(2)6/h2-4H,1H3/t2-,3-,4-/m1/s1. The maximum Gasteiger partial charge on any atom is 0.117 e. The number of hydrogen-bond donors (Lipinski definition) is 0. The van der Waals surface area contributed by atoms with Crippen LogP contribution in [0.25, 0.3) is 0 Å². The first-order chi connectivity index (χ1) is 2.73. The Balaban J connectivity index is 2.31. The van der Waals surface area contributed by atoms with Crippen LogP contribution in [0, 0.1) is 5.92 Å². The van der Waals surface area contributed by atoms with Crippen molar-refractivity contribution in [3.8, 4) is 0 Å². The zero-order valence-electron chi connectivity index (χ0n) is 3.49. The molecule has 0 radical (unpaired) electrons. The summed E-state index contributed by atoms with van der Waals surface area (Å²) in [6.07, 6.45) is -0.565. The van der Waals surface area contributed by atoms with Crippen LogP contribution < -0.4 is 0 Å². The van der Waals surface area contributed by atoms with E-state index in [4.69, 9.17) is 0 Å². The molecule has 3 atom stereocenters. The van der Waals surface area contributed by atoms with E-state index in [0.29, 0.717) is 0 Å². The van der Waals surface area contributed by atoms with Gasteiger partial charge in [-0.1, -0.05) is 22.9 Å². The average Bonchev–Trinajstić information content (AvgIpc) is 1.94. The van der Waals surface area contributed by atoms with Crippen molar-refractivity contribution in [3.63, 3.8) is 0 Å². The summed E-state index contributed by atoms with van der Waals surface area (Å²) >= 11 is 3.14. The predicted octanol–water partition coefficient (Wildman–Crippen LogP) is 1.74. The molecule has 0 amide bonds. The normalized spacial score (nSPS) is 55.5. The Morgan fingerprint density at radius 3 is 1.83 bits per heavy atom. The van der Waals surface area contributed by atoms with Crippen molar-refractivity contribution in [3.05, 3.63) is 0 Å². The van der Waals surface area contributed by atoms with E-state index < -0.39 is 6.17 Å². The first-order valence-corrected chi connectivity index (χ1v) is 2.93. The van der Waals surface area contributed by atoms with Gasteiger partial charge in [0.05, 0.1) is 4.83 Å². The summed E-state index contributed by atoms with van der Waals surface area (Å²) in [6.45, 7) is 1.89. The highest BCUT2D eigenvalue weighted by Gasteiger charge is 2.45. The Bertz CT molecular complexity index is 44.3. The smallest absolute Gasteiger partial charge is 0.117 e. The summed E-state index contributed by atoms with van der Waals surface area (Å²) in [7, 11) is 0. The molecule has 0 saturated heterocycles. The molecule has 0 bridgehead atoms. The number of halogens is 2. The summed E-state index contributed by atoms with van der Waals surface area (Å²) < 4.78 is 11.9. The van der Waals surface area contributed by atoms with Gasteiger partial charge in [0.2, 0.25) is 0 Å². The zero-order valence-corrected chi connectivity index (χ0v) is 5.07. The van der Waals surface area contributed by atoms with Gasteiger partial charge in [-0.3, -0.25) is 0 Å². The lowest BCUT2D eigenvalue weighted by atomic mass is 10.5. The molecule has 0 nitrogen and oxygen atoms in total. The van der Waals surface area contributed by atoms with Crippen LogP contribution in [-0.4, -0.2) is 11.0 Å². The topological polar surface area (TPSA) is 0 Å². The minimum atomic E-state index is -0.565. The first-order valence-electron chi connectivity index (χ1n) is 2.01. The molecule has 0 unspecified atom stereocenters. The van der Waals surface area contributed by atoms with Crippen molar-refractivity contribution >= 4 is 15.9 Å². The van der Waals surface area contributed by atoms with E-state index in [0.717, 1.165) is 0 Å². The molecule has 1 aliphatic carbocycles. The first kappa shape index (κ1) is 4.57. The molecule has 0 N–H and O–H groups in total. The monoisotopic (exact) mass is 152 g/mol. The highest BCUT2D eigenvalue weighted by atomic mass is 79.9. The predicted molar refractivity (Wildman–Crippen MR) is 26.8 cm³/mol. The van der Waals surface area contributed by atoms with Crippen LogP contribution in [0.4, 0.5) is 4.39 Å². The highest BCUT2D eigenvalue weighted by molar-refractivity contribution is 9.09. The Labute approximate surface area is 44.9 Å². The summed E-state index contributed by atoms with van der Waals surface area (Å²) in [5.74, 6) is 0.269. The van der Waals surface area contributed by atoms with Gasteiger partial charge in [0.25, 0.3) is 0 Å². The van der Waals surface area contributed by atoms with Crippen molar-refractivity contribution in [2.24, 2.45) is 5.92 Å². The van der Waals surface area contributed by atoms with E-state index in [1.807, 2.05) is 6.92 Å². The summed E-state index contributed by atoms with van der Waals surface area (Å²) in [5, 5.41) is 0. The van der Waals surface area contributed by atoms with Gasteiger partial charge in [-0.15, -0.1) is 0 Å². The molecule has 2 heteroatoms. The van der Waals surface area contributed by atoms with Crippen molar-refractivity contribution in [2.45, 2.75) is 17.9 Å². The lowest BCUT2D eigenvalue weighted by molar-refractivity contribution is 0.456. The minimum absolute atomic E-state index is 0.164. The Morgan fingerprint density at radius 1 is 1.67 bits per heavy atom. The van der Waals surface area contributed by atoms with Crippen LogP contribution in [0.15, 0.2) is 0 Å². The number of hydrogen-bond acceptors (Lipinski definition) is 0. The van der Waals surface area contributed by atoms with E-state index in [1.165, 1.54) is 0 Å². The van der Waals surface area contributed by atoms with E-state index in [2.05, 4.69) is 15.9 Å². The zero-order chi connectivity index (χ0) is 4.73. The SMILES string of the molecule is C[C@H]1[C@@H](F)[C@@H]1Br. The van der Waals surface area contributed by atoms with Crippen LogP contribution in [0.2, 0.25) is 0 Å². The van der Waals surface area contributed by atoms with Crippen LogP contribution in [0.1, 0.15) is 6.92 Å². The van der Waals surface area contributed by atoms with E-state index in [1.54, 1.807) is 0 Å². The summed E-state index contributed by atoms with van der Waals surface area (Å²) in [4.78, 5) is 0.164. The Hall–Kier alpha value is 0.410. The molecule has 0 spiro atoms. The van der Waals surface area contributed by atoms with E-state index >= 15 is 0 Å². The molecule has 0 aromatic heterocycles. The second kappa shape index (κ2) is 1.19. The quantitative estimate of drug-likeness (QED) is 0.465. The van der Waals surface area contributed by atoms with Crippen LogP contribution in [-0.2, 0) is 0 Å². The highest BCUT2D eigenvalue weighted by Crippen LogP contribution is 2.40. The molecular formula is C4H6BrF. The van der Waals surface area contributed by atoms with Gasteiger partial charge in [0, 0.05) is 5.92 Å². The van der Waals surface area contributed by atoms with Gasteiger partial charge in [0.1, 0.15) is 6.17 Å². The maximum atomic E-state index is 11.9. The van der Waals surface area contributed by atoms with Crippen LogP contribution >= 0.6 is 15.9 Å². The second-order valence-corrected chi connectivity index (χ2v) is 2.81. The van der Waals surface area contributed by atoms with Crippen molar-refractivity contribution in [2.75, 3.05) is 0 Å². The number of alkyl halides is 2. The van der Waals surface area contributed by atoms with Gasteiger partial charge in [-0.2, -0.15) is 0 Å². The number of rotatable bonds is 0. The molecule has 36 valence electrons. The van der Waals surface area contributed by atoms with Gasteiger partial charge in [-0.05, 0) is 0 Å². The molecule has 1 fully saturated rings. The average molecular weight is 153 g/mol. The molecular weight excluding hydrogens is 147 g/mol. The Kier molecular flexibility index (Phi) is 0.904. The van der Waals surface area contributed by atoms with Gasteiger partial charge < -0.3 is 0 Å². The molecule has 0 aromatic carbocycles. The summed E-state index contributed by atoms with van der Waals surface area (Å²) in [6, 6.07) is 0. The fraction of sp³-hybridized carbons (Fsp3) is 1.00. The molecule has 1 saturated carbocycles. The van der Waals surface area contributed by atoms with Crippen molar-refractivity contribution < 1.29 is 4.39 Å². The van der Waals surface area contributed by atoms with Crippen LogP contribution in [0.3, 0.4) is 0 Å². The van der Waals surface area contributed by atoms with E-state index in [9.17, 15) is 4.39 Å². The third kappa shape index (κ3) is 0.473. The maximum absolute atomic E-state index is 11.9. The third-order valence-electron chi connectivity index (χ3n) is 1.17. The molecule has 6 heavy (non-hydrogen) atoms. The van der Waals surface area contributed by atoms with Gasteiger partial charge >= 0.3 is 0 Å². The fourth-order valence-corrected chi connectivity index (χ4v) is 0.965. The lowest BCUT2D eigenvalue weighted by Gasteiger charge is -1.62. The van der Waals surface area contributed by atoms with E-state index in [-0.39, 0.29) is 10.7 Å². The van der Waals surface area contributed by atoms with Crippen LogP contribution in [0.5, 0.6) is 0 Å². The molecule has 1 rings (SSSR count). The molecule has 1 aliphatic rings. The van der Waals surface area contributed by atoms with Crippen molar-refractivity contribution in [1.82, 2.24) is 0 Å². The third-order valence-corrected chi connectivity index (χ3v) is 2.51. The molecule has 0 aliphatic heterocycles. The largest absolute Gasteiger partial charge is 0.246 e. The van der Waals surface area contributed by atoms with Crippen molar-refractivity contribution in [1.29, 1.82) is 0 Å². The minimum Gasteiger partial charge on any atom is -0.246 e. The Morgan fingerprint density at radius 2 is 1.83 bits per heavy atom.